The smallest absolute Gasteiger partial charge is 0.0696 e. The second-order valence-corrected chi connectivity index (χ2v) is 6.08. The molecule has 100 valence electrons. The topological polar surface area (TPSA) is 23.8 Å². The fraction of sp³-hybridized carbons (Fsp3) is 0.278. The maximum absolute atomic E-state index is 9.71. The van der Waals surface area contributed by atoms with Gasteiger partial charge < -0.3 is 0 Å². The Morgan fingerprint density at radius 1 is 1.10 bits per heavy atom. The zero-order valence-corrected chi connectivity index (χ0v) is 12.0. The molecule has 0 fully saturated rings. The number of fused-ring (bicyclic) bond motifs is 1. The van der Waals surface area contributed by atoms with Gasteiger partial charge in [0, 0.05) is 5.02 Å². The summed E-state index contributed by atoms with van der Waals surface area (Å²) in [5.74, 6) is 0. The fourth-order valence-electron chi connectivity index (χ4n) is 3.12. The number of nitriles is 1. The van der Waals surface area contributed by atoms with Crippen molar-refractivity contribution in [2.75, 3.05) is 0 Å². The maximum Gasteiger partial charge on any atom is 0.0696 e. The number of rotatable bonds is 2. The molecule has 0 saturated heterocycles. The number of nitrogens with zero attached hydrogens (tertiary/aromatic N) is 1. The molecule has 1 atom stereocenters. The fourth-order valence-corrected chi connectivity index (χ4v) is 3.34. The van der Waals surface area contributed by atoms with Crippen LogP contribution in [0, 0.1) is 16.7 Å². The number of benzene rings is 2. The number of aryl methyl sites for hydroxylation is 1. The number of hydrogen-bond donors (Lipinski definition) is 0. The molecule has 0 radical (unpaired) electrons. The lowest BCUT2D eigenvalue weighted by Gasteiger charge is -2.32. The van der Waals surface area contributed by atoms with Gasteiger partial charge in [-0.3, -0.25) is 0 Å². The lowest BCUT2D eigenvalue weighted by atomic mass is 9.69. The highest BCUT2D eigenvalue weighted by Gasteiger charge is 2.34. The van der Waals surface area contributed by atoms with Crippen LogP contribution >= 0.6 is 11.6 Å². The highest BCUT2D eigenvalue weighted by atomic mass is 35.5. The monoisotopic (exact) mass is 281 g/mol. The molecular formula is C18H16ClN. The van der Waals surface area contributed by atoms with Crippen LogP contribution in [-0.2, 0) is 19.3 Å². The minimum atomic E-state index is -0.293. The predicted octanol–water partition coefficient (Wildman–Crippen LogP) is 4.58. The lowest BCUT2D eigenvalue weighted by molar-refractivity contribution is 0.339. The third-order valence-corrected chi connectivity index (χ3v) is 4.42. The van der Waals surface area contributed by atoms with E-state index in [1.165, 1.54) is 11.1 Å². The van der Waals surface area contributed by atoms with E-state index in [1.807, 2.05) is 18.2 Å². The van der Waals surface area contributed by atoms with Gasteiger partial charge in [-0.05, 0) is 54.5 Å². The van der Waals surface area contributed by atoms with Crippen molar-refractivity contribution in [3.8, 4) is 6.07 Å². The van der Waals surface area contributed by atoms with Crippen molar-refractivity contribution in [3.05, 3.63) is 70.2 Å². The van der Waals surface area contributed by atoms with Gasteiger partial charge in [-0.1, -0.05) is 48.0 Å². The molecule has 2 heteroatoms. The normalized spacial score (nSPS) is 21.0. The quantitative estimate of drug-likeness (QED) is 0.790. The van der Waals surface area contributed by atoms with Crippen LogP contribution in [0.25, 0.3) is 0 Å². The van der Waals surface area contributed by atoms with Gasteiger partial charge in [0.05, 0.1) is 11.5 Å². The third-order valence-electron chi connectivity index (χ3n) is 4.19. The van der Waals surface area contributed by atoms with Gasteiger partial charge in [0.15, 0.2) is 0 Å². The largest absolute Gasteiger partial charge is 0.198 e. The Morgan fingerprint density at radius 2 is 1.90 bits per heavy atom. The number of hydrogen-bond acceptors (Lipinski definition) is 1. The van der Waals surface area contributed by atoms with E-state index in [2.05, 4.69) is 36.4 Å². The summed E-state index contributed by atoms with van der Waals surface area (Å²) in [6, 6.07) is 18.9. The molecule has 0 N–H and O–H groups in total. The van der Waals surface area contributed by atoms with Crippen molar-refractivity contribution in [2.45, 2.75) is 25.7 Å². The van der Waals surface area contributed by atoms with Crippen LogP contribution in [0.5, 0.6) is 0 Å². The summed E-state index contributed by atoms with van der Waals surface area (Å²) < 4.78 is 0. The summed E-state index contributed by atoms with van der Waals surface area (Å²) >= 11 is 6.05. The van der Waals surface area contributed by atoms with Crippen molar-refractivity contribution >= 4 is 11.6 Å². The summed E-state index contributed by atoms with van der Waals surface area (Å²) in [7, 11) is 0. The number of halogens is 1. The first-order valence-corrected chi connectivity index (χ1v) is 7.31. The maximum atomic E-state index is 9.71. The van der Waals surface area contributed by atoms with E-state index in [0.29, 0.717) is 0 Å². The van der Waals surface area contributed by atoms with Crippen LogP contribution in [0.1, 0.15) is 23.1 Å². The Bertz CT molecular complexity index is 671. The standard InChI is InChI=1S/C18H16ClN/c19-17-7-3-4-14(10-17)11-18(13-20)9-8-15-5-1-2-6-16(15)12-18/h1-7,10H,8-9,11-12H2. The van der Waals surface area contributed by atoms with Crippen LogP contribution in [0.2, 0.25) is 5.02 Å². The molecule has 0 spiro atoms. The third kappa shape index (κ3) is 2.57. The molecular weight excluding hydrogens is 266 g/mol. The van der Waals surface area contributed by atoms with Gasteiger partial charge in [-0.15, -0.1) is 0 Å². The Kier molecular flexibility index (Phi) is 3.51. The van der Waals surface area contributed by atoms with E-state index in [4.69, 9.17) is 11.6 Å². The van der Waals surface area contributed by atoms with Gasteiger partial charge >= 0.3 is 0 Å². The zero-order valence-electron chi connectivity index (χ0n) is 11.3. The van der Waals surface area contributed by atoms with E-state index < -0.39 is 0 Å². The van der Waals surface area contributed by atoms with Crippen molar-refractivity contribution in [2.24, 2.45) is 5.41 Å². The Morgan fingerprint density at radius 3 is 2.65 bits per heavy atom. The van der Waals surface area contributed by atoms with Gasteiger partial charge in [0.2, 0.25) is 0 Å². The molecule has 0 amide bonds. The Labute approximate surface area is 124 Å². The average Bonchev–Trinajstić information content (AvgIpc) is 2.47. The van der Waals surface area contributed by atoms with Crippen molar-refractivity contribution < 1.29 is 0 Å². The summed E-state index contributed by atoms with van der Waals surface area (Å²) in [5, 5.41) is 10.5. The molecule has 1 aliphatic carbocycles. The molecule has 1 unspecified atom stereocenters. The van der Waals surface area contributed by atoms with Crippen molar-refractivity contribution in [3.63, 3.8) is 0 Å². The first-order valence-electron chi connectivity index (χ1n) is 6.93. The summed E-state index contributed by atoms with van der Waals surface area (Å²) in [4.78, 5) is 0. The highest BCUT2D eigenvalue weighted by Crippen LogP contribution is 2.38. The molecule has 0 saturated carbocycles. The van der Waals surface area contributed by atoms with Crippen LogP contribution < -0.4 is 0 Å². The van der Waals surface area contributed by atoms with Gasteiger partial charge in [-0.2, -0.15) is 5.26 Å². The SMILES string of the molecule is N#CC1(Cc2cccc(Cl)c2)CCc2ccccc2C1. The average molecular weight is 282 g/mol. The molecule has 2 aromatic rings. The molecule has 1 aliphatic rings. The van der Waals surface area contributed by atoms with Gasteiger partial charge in [-0.25, -0.2) is 0 Å². The van der Waals surface area contributed by atoms with Gasteiger partial charge in [0.25, 0.3) is 0 Å². The summed E-state index contributed by atoms with van der Waals surface area (Å²) in [5.41, 5.74) is 3.57. The lowest BCUT2D eigenvalue weighted by Crippen LogP contribution is -2.29. The predicted molar refractivity (Wildman–Crippen MR) is 81.7 cm³/mol. The van der Waals surface area contributed by atoms with E-state index in [9.17, 15) is 5.26 Å². The molecule has 0 aromatic heterocycles. The molecule has 3 rings (SSSR count). The molecule has 0 heterocycles. The Hall–Kier alpha value is -1.78. The highest BCUT2D eigenvalue weighted by molar-refractivity contribution is 6.30. The minimum absolute atomic E-state index is 0.293. The second kappa shape index (κ2) is 5.31. The van der Waals surface area contributed by atoms with Crippen molar-refractivity contribution in [1.29, 1.82) is 5.26 Å². The molecule has 1 nitrogen and oxygen atoms in total. The summed E-state index contributed by atoms with van der Waals surface area (Å²) in [6.07, 6.45) is 3.53. The van der Waals surface area contributed by atoms with E-state index in [1.54, 1.807) is 0 Å². The second-order valence-electron chi connectivity index (χ2n) is 5.64. The molecule has 0 aliphatic heterocycles. The van der Waals surface area contributed by atoms with E-state index >= 15 is 0 Å². The van der Waals surface area contributed by atoms with Crippen LogP contribution in [0.4, 0.5) is 0 Å². The van der Waals surface area contributed by atoms with Crippen molar-refractivity contribution in [1.82, 2.24) is 0 Å². The van der Waals surface area contributed by atoms with E-state index in [0.717, 1.165) is 36.3 Å². The van der Waals surface area contributed by atoms with Crippen LogP contribution in [-0.4, -0.2) is 0 Å². The van der Waals surface area contributed by atoms with Gasteiger partial charge in [0.1, 0.15) is 0 Å². The first-order chi connectivity index (χ1) is 9.71. The van der Waals surface area contributed by atoms with Crippen LogP contribution in [0.3, 0.4) is 0 Å². The van der Waals surface area contributed by atoms with Crippen LogP contribution in [0.15, 0.2) is 48.5 Å². The minimum Gasteiger partial charge on any atom is -0.198 e. The molecule has 20 heavy (non-hydrogen) atoms. The summed E-state index contributed by atoms with van der Waals surface area (Å²) in [6.45, 7) is 0. The molecule has 0 bridgehead atoms. The van der Waals surface area contributed by atoms with E-state index in [-0.39, 0.29) is 5.41 Å². The zero-order chi connectivity index (χ0) is 14.0. The molecule has 2 aromatic carbocycles. The first kappa shape index (κ1) is 13.2. The Balaban J connectivity index is 1.89.